The summed E-state index contributed by atoms with van der Waals surface area (Å²) < 4.78 is 7.10. The first-order valence-electron chi connectivity index (χ1n) is 10.8. The van der Waals surface area contributed by atoms with E-state index in [2.05, 4.69) is 15.6 Å². The van der Waals surface area contributed by atoms with Crippen LogP contribution < -0.4 is 15.4 Å². The number of nitrogens with zero attached hydrogens (tertiary/aromatic N) is 3. The fraction of sp³-hybridized carbons (Fsp3) is 0.115. The number of hydrogen-bond donors (Lipinski definition) is 3. The molecule has 0 fully saturated rings. The summed E-state index contributed by atoms with van der Waals surface area (Å²) in [5.41, 5.74) is 3.32. The molecule has 1 aliphatic rings. The molecule has 0 saturated heterocycles. The maximum absolute atomic E-state index is 13.6. The van der Waals surface area contributed by atoms with Crippen molar-refractivity contribution in [3.05, 3.63) is 95.7 Å². The first kappa shape index (κ1) is 21.3. The highest BCUT2D eigenvalue weighted by atomic mass is 16.5. The minimum atomic E-state index is -0.509. The Kier molecular flexibility index (Phi) is 5.47. The number of amides is 1. The molecular formula is C26H23N5O3. The zero-order valence-electron chi connectivity index (χ0n) is 18.7. The normalized spacial score (nSPS) is 14.8. The van der Waals surface area contributed by atoms with Crippen LogP contribution in [0.3, 0.4) is 0 Å². The SMILES string of the molecule is COc1ccccc1NC(=O)C1=C(C)Nc2nc(-c3cccc(O)c3)nn2C1c1ccccc1. The molecule has 1 aliphatic heterocycles. The van der Waals surface area contributed by atoms with Crippen molar-refractivity contribution < 1.29 is 14.6 Å². The van der Waals surface area contributed by atoms with Gasteiger partial charge in [0.2, 0.25) is 5.95 Å². The van der Waals surface area contributed by atoms with Crippen molar-refractivity contribution in [2.45, 2.75) is 13.0 Å². The van der Waals surface area contributed by atoms with E-state index >= 15 is 0 Å². The Labute approximate surface area is 196 Å². The number of carbonyl (C=O) groups is 1. The van der Waals surface area contributed by atoms with E-state index in [1.165, 1.54) is 0 Å². The van der Waals surface area contributed by atoms with Gasteiger partial charge in [0.15, 0.2) is 5.82 Å². The number of hydrogen-bond acceptors (Lipinski definition) is 6. The van der Waals surface area contributed by atoms with E-state index in [0.29, 0.717) is 40.0 Å². The molecule has 0 radical (unpaired) electrons. The van der Waals surface area contributed by atoms with Crippen molar-refractivity contribution in [1.29, 1.82) is 0 Å². The van der Waals surface area contributed by atoms with Crippen molar-refractivity contribution in [2.75, 3.05) is 17.7 Å². The van der Waals surface area contributed by atoms with Crippen LogP contribution in [0.25, 0.3) is 11.4 Å². The Bertz CT molecular complexity index is 1390. The number of methoxy groups -OCH3 is 1. The Morgan fingerprint density at radius 2 is 1.82 bits per heavy atom. The lowest BCUT2D eigenvalue weighted by Gasteiger charge is -2.28. The predicted molar refractivity (Wildman–Crippen MR) is 130 cm³/mol. The van der Waals surface area contributed by atoms with E-state index in [1.54, 1.807) is 42.1 Å². The van der Waals surface area contributed by atoms with E-state index in [4.69, 9.17) is 9.84 Å². The van der Waals surface area contributed by atoms with Gasteiger partial charge in [0.1, 0.15) is 17.5 Å². The molecular weight excluding hydrogens is 430 g/mol. The molecule has 34 heavy (non-hydrogen) atoms. The number of rotatable bonds is 5. The predicted octanol–water partition coefficient (Wildman–Crippen LogP) is 4.59. The number of ether oxygens (including phenoxy) is 1. The first-order chi connectivity index (χ1) is 16.5. The first-order valence-corrected chi connectivity index (χ1v) is 10.8. The lowest BCUT2D eigenvalue weighted by molar-refractivity contribution is -0.113. The third-order valence-electron chi connectivity index (χ3n) is 5.67. The van der Waals surface area contributed by atoms with Crippen LogP contribution in [0.15, 0.2) is 90.1 Å². The maximum Gasteiger partial charge on any atom is 0.255 e. The Morgan fingerprint density at radius 1 is 1.06 bits per heavy atom. The molecule has 0 saturated carbocycles. The number of nitrogens with one attached hydrogen (secondary N) is 2. The average Bonchev–Trinajstić information content (AvgIpc) is 3.27. The van der Waals surface area contributed by atoms with Crippen LogP contribution in [-0.4, -0.2) is 32.9 Å². The fourth-order valence-electron chi connectivity index (χ4n) is 4.09. The highest BCUT2D eigenvalue weighted by Crippen LogP contribution is 2.37. The van der Waals surface area contributed by atoms with Crippen molar-refractivity contribution in [1.82, 2.24) is 14.8 Å². The van der Waals surface area contributed by atoms with Crippen LogP contribution in [0.5, 0.6) is 11.5 Å². The van der Waals surface area contributed by atoms with Gasteiger partial charge in [-0.25, -0.2) is 4.68 Å². The molecule has 1 aromatic heterocycles. The molecule has 0 aliphatic carbocycles. The summed E-state index contributed by atoms with van der Waals surface area (Å²) in [5.74, 6) is 1.38. The number of benzene rings is 3. The van der Waals surface area contributed by atoms with Gasteiger partial charge in [-0.05, 0) is 36.8 Å². The molecule has 3 N–H and O–H groups in total. The van der Waals surface area contributed by atoms with Gasteiger partial charge in [0.05, 0.1) is 18.4 Å². The van der Waals surface area contributed by atoms with E-state index in [-0.39, 0.29) is 11.7 Å². The molecule has 2 heterocycles. The van der Waals surface area contributed by atoms with Crippen LogP contribution in [-0.2, 0) is 4.79 Å². The molecule has 1 unspecified atom stereocenters. The molecule has 1 amide bonds. The zero-order chi connectivity index (χ0) is 23.7. The molecule has 170 valence electrons. The lowest BCUT2D eigenvalue weighted by Crippen LogP contribution is -2.31. The molecule has 8 nitrogen and oxygen atoms in total. The van der Waals surface area contributed by atoms with E-state index in [0.717, 1.165) is 5.56 Å². The summed E-state index contributed by atoms with van der Waals surface area (Å²) in [6.45, 7) is 1.85. The van der Waals surface area contributed by atoms with Crippen LogP contribution in [0, 0.1) is 0 Å². The lowest BCUT2D eigenvalue weighted by atomic mass is 9.95. The molecule has 1 atom stereocenters. The summed E-state index contributed by atoms with van der Waals surface area (Å²) in [4.78, 5) is 18.2. The summed E-state index contributed by atoms with van der Waals surface area (Å²) in [6.07, 6.45) is 0. The minimum absolute atomic E-state index is 0.129. The number of aromatic nitrogens is 3. The summed E-state index contributed by atoms with van der Waals surface area (Å²) in [7, 11) is 1.56. The van der Waals surface area contributed by atoms with Gasteiger partial charge in [-0.2, -0.15) is 4.98 Å². The van der Waals surface area contributed by atoms with Gasteiger partial charge >= 0.3 is 0 Å². The zero-order valence-corrected chi connectivity index (χ0v) is 18.7. The number of phenols is 1. The standard InChI is InChI=1S/C26H23N5O3/c1-16-22(25(33)28-20-13-6-7-14-21(20)34-2)23(17-9-4-3-5-10-17)31-26(27-16)29-24(30-31)18-11-8-12-19(32)15-18/h3-15,23,32H,1-2H3,(H,28,33)(H,27,29,30). The van der Waals surface area contributed by atoms with Gasteiger partial charge in [-0.3, -0.25) is 4.79 Å². The summed E-state index contributed by atoms with van der Waals surface area (Å²) >= 11 is 0. The van der Waals surface area contributed by atoms with Crippen molar-refractivity contribution >= 4 is 17.5 Å². The van der Waals surface area contributed by atoms with Gasteiger partial charge in [-0.1, -0.05) is 54.6 Å². The smallest absolute Gasteiger partial charge is 0.255 e. The van der Waals surface area contributed by atoms with Gasteiger partial charge < -0.3 is 20.5 Å². The third-order valence-corrected chi connectivity index (χ3v) is 5.67. The minimum Gasteiger partial charge on any atom is -0.508 e. The van der Waals surface area contributed by atoms with E-state index < -0.39 is 6.04 Å². The number of allylic oxidation sites excluding steroid dienone is 1. The summed E-state index contributed by atoms with van der Waals surface area (Å²) in [5, 5.41) is 20.8. The number of anilines is 2. The molecule has 3 aromatic carbocycles. The monoisotopic (exact) mass is 453 g/mol. The molecule has 5 rings (SSSR count). The van der Waals surface area contributed by atoms with Gasteiger partial charge in [0, 0.05) is 11.3 Å². The summed E-state index contributed by atoms with van der Waals surface area (Å²) in [6, 6.07) is 23.2. The van der Waals surface area contributed by atoms with Crippen molar-refractivity contribution in [3.63, 3.8) is 0 Å². The number of aromatic hydroxyl groups is 1. The second kappa shape index (κ2) is 8.74. The van der Waals surface area contributed by atoms with E-state index in [1.807, 2.05) is 55.5 Å². The number of fused-ring (bicyclic) bond motifs is 1. The molecule has 8 heteroatoms. The highest BCUT2D eigenvalue weighted by Gasteiger charge is 2.34. The number of carbonyl (C=O) groups excluding carboxylic acids is 1. The fourth-order valence-corrected chi connectivity index (χ4v) is 4.09. The average molecular weight is 454 g/mol. The van der Waals surface area contributed by atoms with Crippen molar-refractivity contribution in [2.24, 2.45) is 0 Å². The Balaban J connectivity index is 1.59. The molecule has 0 bridgehead atoms. The quantitative estimate of drug-likeness (QED) is 0.409. The Hall–Kier alpha value is -4.59. The largest absolute Gasteiger partial charge is 0.508 e. The molecule has 0 spiro atoms. The van der Waals surface area contributed by atoms with Crippen LogP contribution in [0.1, 0.15) is 18.5 Å². The third kappa shape index (κ3) is 3.86. The van der Waals surface area contributed by atoms with Gasteiger partial charge in [-0.15, -0.1) is 5.10 Å². The van der Waals surface area contributed by atoms with Crippen LogP contribution in [0.2, 0.25) is 0 Å². The number of phenolic OH excluding ortho intramolecular Hbond substituents is 1. The van der Waals surface area contributed by atoms with Gasteiger partial charge in [0.25, 0.3) is 5.91 Å². The van der Waals surface area contributed by atoms with Crippen molar-refractivity contribution in [3.8, 4) is 22.9 Å². The second-order valence-corrected chi connectivity index (χ2v) is 7.89. The van der Waals surface area contributed by atoms with Crippen LogP contribution in [0.4, 0.5) is 11.6 Å². The van der Waals surface area contributed by atoms with Crippen LogP contribution >= 0.6 is 0 Å². The molecule has 4 aromatic rings. The topological polar surface area (TPSA) is 101 Å². The van der Waals surface area contributed by atoms with E-state index in [9.17, 15) is 9.90 Å². The second-order valence-electron chi connectivity index (χ2n) is 7.89. The maximum atomic E-state index is 13.6. The highest BCUT2D eigenvalue weighted by molar-refractivity contribution is 6.06. The Morgan fingerprint density at radius 3 is 2.59 bits per heavy atom. The number of para-hydroxylation sites is 2.